The van der Waals surface area contributed by atoms with Crippen LogP contribution >= 0.6 is 0 Å². The molecule has 1 fully saturated rings. The second-order valence-corrected chi connectivity index (χ2v) is 9.44. The number of anilines is 4. The highest BCUT2D eigenvalue weighted by Crippen LogP contribution is 2.39. The number of benzene rings is 1. The van der Waals surface area contributed by atoms with Crippen molar-refractivity contribution < 1.29 is 9.47 Å². The van der Waals surface area contributed by atoms with Crippen molar-refractivity contribution in [3.8, 4) is 23.2 Å². The van der Waals surface area contributed by atoms with Gasteiger partial charge in [-0.15, -0.1) is 0 Å². The number of aryl methyl sites for hydroxylation is 2. The molecular weight excluding hydrogens is 508 g/mol. The van der Waals surface area contributed by atoms with E-state index in [-0.39, 0.29) is 6.23 Å². The number of hydrogen-bond donors (Lipinski definition) is 2. The molecule has 1 aromatic carbocycles. The molecule has 2 N–H and O–H groups in total. The molecule has 4 aromatic heterocycles. The van der Waals surface area contributed by atoms with E-state index in [0.29, 0.717) is 46.7 Å². The summed E-state index contributed by atoms with van der Waals surface area (Å²) in [7, 11) is 3.47. The van der Waals surface area contributed by atoms with Crippen LogP contribution in [0.25, 0.3) is 22.6 Å². The summed E-state index contributed by atoms with van der Waals surface area (Å²) in [6.07, 6.45) is 4.36. The number of pyridine rings is 2. The molecule has 5 aromatic rings. The Morgan fingerprint density at radius 2 is 1.93 bits per heavy atom. The van der Waals surface area contributed by atoms with Crippen LogP contribution in [-0.4, -0.2) is 48.0 Å². The summed E-state index contributed by atoms with van der Waals surface area (Å²) < 4.78 is 15.7. The van der Waals surface area contributed by atoms with Gasteiger partial charge in [0, 0.05) is 19.7 Å². The Morgan fingerprint density at radius 1 is 1.05 bits per heavy atom. The Bertz CT molecular complexity index is 1730. The lowest BCUT2D eigenvalue weighted by Gasteiger charge is -2.25. The Hall–Kier alpha value is -5.02. The van der Waals surface area contributed by atoms with Gasteiger partial charge in [0.25, 0.3) is 0 Å². The van der Waals surface area contributed by atoms with Crippen molar-refractivity contribution in [2.45, 2.75) is 32.4 Å². The summed E-state index contributed by atoms with van der Waals surface area (Å²) in [6, 6.07) is 15.0. The van der Waals surface area contributed by atoms with E-state index < -0.39 is 0 Å². The number of para-hydroxylation sites is 1. The molecule has 12 nitrogen and oxygen atoms in total. The van der Waals surface area contributed by atoms with Gasteiger partial charge in [-0.05, 0) is 50.5 Å². The summed E-state index contributed by atoms with van der Waals surface area (Å²) in [4.78, 5) is 18.6. The van der Waals surface area contributed by atoms with Gasteiger partial charge >= 0.3 is 0 Å². The highest BCUT2D eigenvalue weighted by Gasteiger charge is 2.24. The van der Waals surface area contributed by atoms with Gasteiger partial charge in [0.2, 0.25) is 0 Å². The zero-order valence-electron chi connectivity index (χ0n) is 22.4. The number of hydrogen-bond acceptors (Lipinski definition) is 10. The first-order chi connectivity index (χ1) is 19.6. The van der Waals surface area contributed by atoms with Crippen molar-refractivity contribution in [1.29, 1.82) is 5.26 Å². The van der Waals surface area contributed by atoms with Gasteiger partial charge in [0.05, 0.1) is 24.0 Å². The number of nitrogens with zero attached hydrogens (tertiary/aromatic N) is 8. The summed E-state index contributed by atoms with van der Waals surface area (Å²) in [5.41, 5.74) is 3.93. The number of rotatable bonds is 7. The van der Waals surface area contributed by atoms with E-state index in [1.807, 2.05) is 38.2 Å². The number of ether oxygens (including phenoxy) is 2. The van der Waals surface area contributed by atoms with Crippen LogP contribution in [0.5, 0.6) is 5.75 Å². The summed E-state index contributed by atoms with van der Waals surface area (Å²) >= 11 is 0. The fourth-order valence-corrected chi connectivity index (χ4v) is 5.02. The first-order valence-corrected chi connectivity index (χ1v) is 13.0. The van der Waals surface area contributed by atoms with Gasteiger partial charge in [-0.3, -0.25) is 4.57 Å². The summed E-state index contributed by atoms with van der Waals surface area (Å²) in [6.45, 7) is 2.66. The molecule has 0 spiro atoms. The van der Waals surface area contributed by atoms with Crippen LogP contribution in [-0.2, 0) is 11.8 Å². The molecule has 0 radical (unpaired) electrons. The Kier molecular flexibility index (Phi) is 6.71. The molecule has 0 aliphatic carbocycles. The largest absolute Gasteiger partial charge is 0.494 e. The minimum atomic E-state index is -0.150. The van der Waals surface area contributed by atoms with Crippen LogP contribution in [0.2, 0.25) is 0 Å². The van der Waals surface area contributed by atoms with Gasteiger partial charge in [0.15, 0.2) is 17.2 Å². The maximum Gasteiger partial charge on any atom is 0.166 e. The molecule has 1 aliphatic heterocycles. The van der Waals surface area contributed by atoms with Gasteiger partial charge in [-0.2, -0.15) is 10.4 Å². The lowest BCUT2D eigenvalue weighted by atomic mass is 10.1. The van der Waals surface area contributed by atoms with Gasteiger partial charge in [-0.25, -0.2) is 24.6 Å². The normalized spacial score (nSPS) is 15.1. The average Bonchev–Trinajstić information content (AvgIpc) is 3.55. The fourth-order valence-electron chi connectivity index (χ4n) is 5.02. The Labute approximate surface area is 230 Å². The quantitative estimate of drug-likeness (QED) is 0.292. The molecule has 1 aliphatic rings. The predicted octanol–water partition coefficient (Wildman–Crippen LogP) is 5.00. The first-order valence-electron chi connectivity index (χ1n) is 13.0. The lowest BCUT2D eigenvalue weighted by Crippen LogP contribution is -2.19. The number of methoxy groups -OCH3 is 1. The van der Waals surface area contributed by atoms with Crippen LogP contribution in [0.1, 0.15) is 37.0 Å². The van der Waals surface area contributed by atoms with Crippen molar-refractivity contribution in [1.82, 2.24) is 34.3 Å². The van der Waals surface area contributed by atoms with Crippen molar-refractivity contribution in [2.75, 3.05) is 24.4 Å². The molecule has 5 heterocycles. The number of nitrogens with one attached hydrogen (secondary N) is 2. The molecule has 12 heteroatoms. The summed E-state index contributed by atoms with van der Waals surface area (Å²) in [5, 5.41) is 20.3. The smallest absolute Gasteiger partial charge is 0.166 e. The molecule has 1 unspecified atom stereocenters. The monoisotopic (exact) mass is 536 g/mol. The highest BCUT2D eigenvalue weighted by atomic mass is 16.5. The van der Waals surface area contributed by atoms with E-state index in [9.17, 15) is 5.26 Å². The van der Waals surface area contributed by atoms with Gasteiger partial charge < -0.3 is 20.1 Å². The SMILES string of the molecule is COc1c(Nc2cc(Nc3cccc(C#N)n3)nc3c2nc(C)n3C2CCCCO2)cccc1-c1ncnn1C. The van der Waals surface area contributed by atoms with E-state index in [1.54, 1.807) is 30.0 Å². The second kappa shape index (κ2) is 10.6. The Morgan fingerprint density at radius 3 is 2.67 bits per heavy atom. The first kappa shape index (κ1) is 25.3. The molecule has 40 heavy (non-hydrogen) atoms. The van der Waals surface area contributed by atoms with Crippen LogP contribution in [0.4, 0.5) is 23.0 Å². The van der Waals surface area contributed by atoms with E-state index in [1.165, 1.54) is 6.33 Å². The van der Waals surface area contributed by atoms with Crippen LogP contribution in [0, 0.1) is 18.3 Å². The van der Waals surface area contributed by atoms with E-state index >= 15 is 0 Å². The average molecular weight is 537 g/mol. The summed E-state index contributed by atoms with van der Waals surface area (Å²) in [5.74, 6) is 3.15. The standard InChI is InChI=1S/C28H28N10O2/c1-17-32-25-21(34-20-10-7-9-19(26(20)39-3)27-30-16-31-37(27)2)14-23(35-22-11-6-8-18(15-29)33-22)36-28(25)38(17)24-12-4-5-13-40-24/h6-11,14,16,24H,4-5,12-13H2,1-3H3,(H2,33,34,35,36). The number of aromatic nitrogens is 7. The number of imidazole rings is 1. The highest BCUT2D eigenvalue weighted by molar-refractivity contribution is 5.92. The van der Waals surface area contributed by atoms with Crippen molar-refractivity contribution in [2.24, 2.45) is 7.05 Å². The maximum atomic E-state index is 9.31. The van der Waals surface area contributed by atoms with Crippen LogP contribution < -0.4 is 15.4 Å². The second-order valence-electron chi connectivity index (χ2n) is 9.44. The molecule has 6 rings (SSSR count). The Balaban J connectivity index is 1.48. The topological polar surface area (TPSA) is 141 Å². The van der Waals surface area contributed by atoms with Gasteiger partial charge in [0.1, 0.15) is 47.3 Å². The van der Waals surface area contributed by atoms with E-state index in [0.717, 1.165) is 42.0 Å². The minimum Gasteiger partial charge on any atom is -0.494 e. The third kappa shape index (κ3) is 4.67. The van der Waals surface area contributed by atoms with E-state index in [2.05, 4.69) is 36.3 Å². The maximum absolute atomic E-state index is 9.31. The molecule has 1 atom stereocenters. The molecular formula is C28H28N10O2. The molecule has 0 saturated carbocycles. The number of nitriles is 1. The van der Waals surface area contributed by atoms with Crippen LogP contribution in [0.3, 0.4) is 0 Å². The zero-order valence-corrected chi connectivity index (χ0v) is 22.4. The van der Waals surface area contributed by atoms with Crippen molar-refractivity contribution in [3.05, 3.63) is 60.3 Å². The zero-order chi connectivity index (χ0) is 27.6. The molecule has 0 bridgehead atoms. The third-order valence-electron chi connectivity index (χ3n) is 6.83. The van der Waals surface area contributed by atoms with E-state index in [4.69, 9.17) is 19.4 Å². The minimum absolute atomic E-state index is 0.150. The molecule has 0 amide bonds. The van der Waals surface area contributed by atoms with Crippen LogP contribution in [0.15, 0.2) is 48.8 Å². The van der Waals surface area contributed by atoms with Crippen molar-refractivity contribution >= 4 is 34.2 Å². The lowest BCUT2D eigenvalue weighted by molar-refractivity contribution is -0.0308. The molecule has 202 valence electrons. The third-order valence-corrected chi connectivity index (χ3v) is 6.83. The van der Waals surface area contributed by atoms with Crippen molar-refractivity contribution in [3.63, 3.8) is 0 Å². The molecule has 1 saturated heterocycles. The predicted molar refractivity (Wildman–Crippen MR) is 150 cm³/mol. The fraction of sp³-hybridized carbons (Fsp3) is 0.286. The number of fused-ring (bicyclic) bond motifs is 1. The van der Waals surface area contributed by atoms with Gasteiger partial charge in [-0.1, -0.05) is 12.1 Å².